The highest BCUT2D eigenvalue weighted by atomic mass is 35.5. The highest BCUT2D eigenvalue weighted by molar-refractivity contribution is 7.91. The number of rotatable bonds is 6. The molecule has 35 heavy (non-hydrogen) atoms. The number of nitrogens with zero attached hydrogens (tertiary/aromatic N) is 4. The van der Waals surface area contributed by atoms with Crippen molar-refractivity contribution in [3.05, 3.63) is 69.8 Å². The molecule has 0 aliphatic carbocycles. The average Bonchev–Trinajstić information content (AvgIpc) is 3.49. The van der Waals surface area contributed by atoms with Crippen molar-refractivity contribution >= 4 is 77.2 Å². The number of thiazole rings is 1. The number of carbonyl (C=O) groups excluding carboxylic acids is 1. The monoisotopic (exact) mass is 566 g/mol. The van der Waals surface area contributed by atoms with Crippen LogP contribution in [0, 0.1) is 5.92 Å². The topological polar surface area (TPSA) is 83.5 Å². The van der Waals surface area contributed by atoms with Crippen LogP contribution in [0.5, 0.6) is 0 Å². The molecular weight excluding hydrogens is 547 g/mol. The summed E-state index contributed by atoms with van der Waals surface area (Å²) in [6, 6.07) is 12.3. The standard InChI is InChI=1S/C23H20Cl2N4O3S3/c24-17-1-2-18-19(13-17)33-23(27-18)29(14-15-5-9-26-10-6-15)22(30)16-7-11-28(12-8-16)35(31,32)21-4-3-20(25)34-21/h1-6,9-10,13,16H,7-8,11-12,14H2. The Morgan fingerprint density at radius 2 is 1.80 bits per heavy atom. The second kappa shape index (κ2) is 10.1. The van der Waals surface area contributed by atoms with Gasteiger partial charge in [0.2, 0.25) is 5.91 Å². The summed E-state index contributed by atoms with van der Waals surface area (Å²) in [5.74, 6) is -0.381. The molecule has 0 unspecified atom stereocenters. The van der Waals surface area contributed by atoms with Crippen LogP contribution in [0.25, 0.3) is 10.2 Å². The number of carbonyl (C=O) groups is 1. The summed E-state index contributed by atoms with van der Waals surface area (Å²) in [7, 11) is -3.62. The normalized spacial score (nSPS) is 15.5. The van der Waals surface area contributed by atoms with E-state index >= 15 is 0 Å². The molecule has 1 amide bonds. The minimum Gasteiger partial charge on any atom is -0.283 e. The number of sulfonamides is 1. The summed E-state index contributed by atoms with van der Waals surface area (Å²) >= 11 is 14.5. The van der Waals surface area contributed by atoms with E-state index in [1.54, 1.807) is 29.4 Å². The van der Waals surface area contributed by atoms with E-state index in [-0.39, 0.29) is 29.1 Å². The summed E-state index contributed by atoms with van der Waals surface area (Å²) in [4.78, 5) is 24.2. The van der Waals surface area contributed by atoms with E-state index in [0.29, 0.717) is 33.9 Å². The number of benzene rings is 1. The smallest absolute Gasteiger partial charge is 0.252 e. The van der Waals surface area contributed by atoms with Crippen LogP contribution in [-0.2, 0) is 21.4 Å². The van der Waals surface area contributed by atoms with Gasteiger partial charge < -0.3 is 0 Å². The first-order chi connectivity index (χ1) is 16.8. The molecule has 7 nitrogen and oxygen atoms in total. The maximum absolute atomic E-state index is 13.7. The van der Waals surface area contributed by atoms with Gasteiger partial charge in [-0.05, 0) is 60.9 Å². The molecule has 3 aromatic heterocycles. The van der Waals surface area contributed by atoms with Crippen LogP contribution < -0.4 is 4.90 Å². The lowest BCUT2D eigenvalue weighted by molar-refractivity contribution is -0.123. The van der Waals surface area contributed by atoms with E-state index in [1.165, 1.54) is 21.7 Å². The number of amides is 1. The van der Waals surface area contributed by atoms with Gasteiger partial charge in [-0.2, -0.15) is 4.31 Å². The lowest BCUT2D eigenvalue weighted by Gasteiger charge is -2.32. The van der Waals surface area contributed by atoms with Crippen molar-refractivity contribution in [1.82, 2.24) is 14.3 Å². The van der Waals surface area contributed by atoms with Crippen molar-refractivity contribution in [2.24, 2.45) is 5.92 Å². The molecule has 182 valence electrons. The van der Waals surface area contributed by atoms with Gasteiger partial charge in [0.1, 0.15) is 4.21 Å². The van der Waals surface area contributed by atoms with Gasteiger partial charge in [0, 0.05) is 36.4 Å². The Bertz CT molecular complexity index is 1470. The summed E-state index contributed by atoms with van der Waals surface area (Å²) in [6.07, 6.45) is 4.24. The fourth-order valence-corrected chi connectivity index (χ4v) is 8.39. The zero-order chi connectivity index (χ0) is 24.6. The fourth-order valence-electron chi connectivity index (χ4n) is 4.04. The SMILES string of the molecule is O=C(C1CCN(S(=O)(=O)c2ccc(Cl)s2)CC1)N(Cc1ccncc1)c1nc2ccc(Cl)cc2s1. The van der Waals surface area contributed by atoms with Crippen molar-refractivity contribution in [3.8, 4) is 0 Å². The van der Waals surface area contributed by atoms with Crippen LogP contribution in [0.15, 0.2) is 59.1 Å². The van der Waals surface area contributed by atoms with Crippen LogP contribution >= 0.6 is 45.9 Å². The number of anilines is 1. The first kappa shape index (κ1) is 24.6. The van der Waals surface area contributed by atoms with Crippen molar-refractivity contribution in [2.75, 3.05) is 18.0 Å². The number of halogens is 2. The van der Waals surface area contributed by atoms with Gasteiger partial charge in [-0.3, -0.25) is 14.7 Å². The molecule has 4 aromatic rings. The Balaban J connectivity index is 1.37. The lowest BCUT2D eigenvalue weighted by Crippen LogP contribution is -2.44. The third-order valence-corrected chi connectivity index (χ3v) is 10.7. The molecule has 12 heteroatoms. The molecule has 1 saturated heterocycles. The second-order valence-corrected chi connectivity index (χ2v) is 13.5. The van der Waals surface area contributed by atoms with Gasteiger partial charge in [0.25, 0.3) is 10.0 Å². The molecule has 1 aliphatic heterocycles. The first-order valence-corrected chi connectivity index (χ1v) is 14.7. The van der Waals surface area contributed by atoms with Gasteiger partial charge in [-0.15, -0.1) is 11.3 Å². The molecule has 5 rings (SSSR count). The summed E-state index contributed by atoms with van der Waals surface area (Å²) in [5, 5.41) is 1.20. The second-order valence-electron chi connectivity index (χ2n) is 8.13. The molecule has 0 radical (unpaired) electrons. The third-order valence-electron chi connectivity index (χ3n) is 5.87. The van der Waals surface area contributed by atoms with Crippen LogP contribution in [0.4, 0.5) is 5.13 Å². The van der Waals surface area contributed by atoms with Crippen LogP contribution in [-0.4, -0.2) is 41.7 Å². The molecule has 0 atom stereocenters. The molecule has 0 spiro atoms. The molecule has 0 saturated carbocycles. The first-order valence-electron chi connectivity index (χ1n) is 10.8. The Hall–Kier alpha value is -2.08. The van der Waals surface area contributed by atoms with Crippen LogP contribution in [0.1, 0.15) is 18.4 Å². The van der Waals surface area contributed by atoms with Gasteiger partial charge in [-0.25, -0.2) is 13.4 Å². The van der Waals surface area contributed by atoms with E-state index in [2.05, 4.69) is 4.98 Å². The number of fused-ring (bicyclic) bond motifs is 1. The van der Waals surface area contributed by atoms with Crippen molar-refractivity contribution < 1.29 is 13.2 Å². The van der Waals surface area contributed by atoms with E-state index in [0.717, 1.165) is 27.1 Å². The van der Waals surface area contributed by atoms with Gasteiger partial charge >= 0.3 is 0 Å². The maximum Gasteiger partial charge on any atom is 0.252 e. The molecule has 1 fully saturated rings. The van der Waals surface area contributed by atoms with E-state index in [4.69, 9.17) is 28.2 Å². The van der Waals surface area contributed by atoms with Crippen molar-refractivity contribution in [1.29, 1.82) is 0 Å². The van der Waals surface area contributed by atoms with Gasteiger partial charge in [-0.1, -0.05) is 34.5 Å². The average molecular weight is 568 g/mol. The summed E-state index contributed by atoms with van der Waals surface area (Å²) in [5.41, 5.74) is 1.71. The predicted octanol–water partition coefficient (Wildman–Crippen LogP) is 5.69. The molecule has 0 bridgehead atoms. The lowest BCUT2D eigenvalue weighted by atomic mass is 9.96. The summed E-state index contributed by atoms with van der Waals surface area (Å²) in [6.45, 7) is 0.890. The number of aromatic nitrogens is 2. The minimum atomic E-state index is -3.62. The number of pyridine rings is 1. The number of hydrogen-bond acceptors (Lipinski definition) is 7. The fraction of sp³-hybridized carbons (Fsp3) is 0.261. The number of thiophene rings is 1. The number of hydrogen-bond donors (Lipinski definition) is 0. The minimum absolute atomic E-state index is 0.0665. The zero-order valence-corrected chi connectivity index (χ0v) is 22.3. The quantitative estimate of drug-likeness (QED) is 0.299. The number of piperidine rings is 1. The highest BCUT2D eigenvalue weighted by Crippen LogP contribution is 2.35. The van der Waals surface area contributed by atoms with E-state index < -0.39 is 10.0 Å². The Labute approximate surface area is 221 Å². The Kier molecular flexibility index (Phi) is 7.11. The van der Waals surface area contributed by atoms with Gasteiger partial charge in [0.15, 0.2) is 5.13 Å². The predicted molar refractivity (Wildman–Crippen MR) is 141 cm³/mol. The van der Waals surface area contributed by atoms with Gasteiger partial charge in [0.05, 0.1) is 21.1 Å². The Morgan fingerprint density at radius 1 is 1.06 bits per heavy atom. The highest BCUT2D eigenvalue weighted by Gasteiger charge is 2.35. The van der Waals surface area contributed by atoms with Crippen molar-refractivity contribution in [2.45, 2.75) is 23.6 Å². The third kappa shape index (κ3) is 5.23. The van der Waals surface area contributed by atoms with Crippen LogP contribution in [0.3, 0.4) is 0 Å². The van der Waals surface area contributed by atoms with Crippen molar-refractivity contribution in [3.63, 3.8) is 0 Å². The molecule has 4 heterocycles. The van der Waals surface area contributed by atoms with E-state index in [1.807, 2.05) is 24.3 Å². The molecular formula is C23H20Cl2N4O3S3. The van der Waals surface area contributed by atoms with E-state index in [9.17, 15) is 13.2 Å². The maximum atomic E-state index is 13.7. The molecule has 0 N–H and O–H groups in total. The summed E-state index contributed by atoms with van der Waals surface area (Å²) < 4.78 is 28.9. The molecule has 1 aromatic carbocycles. The Morgan fingerprint density at radius 3 is 2.49 bits per heavy atom. The molecule has 1 aliphatic rings. The largest absolute Gasteiger partial charge is 0.283 e. The van der Waals surface area contributed by atoms with Crippen LogP contribution in [0.2, 0.25) is 9.36 Å². The zero-order valence-electron chi connectivity index (χ0n) is 18.3.